The number of carbonyl (C=O) groups is 1. The Morgan fingerprint density at radius 3 is 2.68 bits per heavy atom. The number of hydrogen-bond acceptors (Lipinski definition) is 4. The number of aliphatic carboxylic acids is 1. The minimum absolute atomic E-state index is 0.330. The van der Waals surface area contributed by atoms with Crippen LogP contribution in [0.5, 0.6) is 0 Å². The van der Waals surface area contributed by atoms with Crippen molar-refractivity contribution in [1.29, 1.82) is 0 Å². The first-order valence-corrected chi connectivity index (χ1v) is 7.33. The van der Waals surface area contributed by atoms with Gasteiger partial charge in [0.05, 0.1) is 6.61 Å². The second-order valence-electron chi connectivity index (χ2n) is 5.23. The molecule has 0 aromatic carbocycles. The molecule has 19 heavy (non-hydrogen) atoms. The van der Waals surface area contributed by atoms with Gasteiger partial charge < -0.3 is 9.84 Å². The number of hydrogen-bond donors (Lipinski definition) is 1. The standard InChI is InChI=1S/C14H28N2O3/c1-4-6-12-11-16(13(5-2)14(17)18)8-7-15(12)9-10-19-3/h12-13H,4-11H2,1-3H3,(H,17,18). The average molecular weight is 272 g/mol. The van der Waals surface area contributed by atoms with Crippen LogP contribution in [-0.4, -0.2) is 72.9 Å². The number of carboxylic acid groups (broad SMARTS) is 1. The molecule has 1 N–H and O–H groups in total. The maximum absolute atomic E-state index is 11.3. The summed E-state index contributed by atoms with van der Waals surface area (Å²) in [4.78, 5) is 15.8. The number of ether oxygens (including phenoxy) is 1. The first-order chi connectivity index (χ1) is 9.13. The third-order valence-electron chi connectivity index (χ3n) is 3.95. The van der Waals surface area contributed by atoms with Crippen LogP contribution in [0.1, 0.15) is 33.1 Å². The van der Waals surface area contributed by atoms with E-state index in [2.05, 4.69) is 16.7 Å². The van der Waals surface area contributed by atoms with Gasteiger partial charge in [0, 0.05) is 39.3 Å². The number of rotatable bonds is 8. The van der Waals surface area contributed by atoms with Crippen molar-refractivity contribution < 1.29 is 14.6 Å². The predicted molar refractivity (Wildman–Crippen MR) is 75.4 cm³/mol. The van der Waals surface area contributed by atoms with Crippen molar-refractivity contribution >= 4 is 5.97 Å². The maximum Gasteiger partial charge on any atom is 0.320 e. The monoisotopic (exact) mass is 272 g/mol. The summed E-state index contributed by atoms with van der Waals surface area (Å²) < 4.78 is 5.16. The van der Waals surface area contributed by atoms with Crippen LogP contribution < -0.4 is 0 Å². The Bertz CT molecular complexity index is 273. The van der Waals surface area contributed by atoms with Crippen molar-refractivity contribution in [2.75, 3.05) is 39.9 Å². The smallest absolute Gasteiger partial charge is 0.320 e. The van der Waals surface area contributed by atoms with Gasteiger partial charge >= 0.3 is 5.97 Å². The molecule has 0 aromatic rings. The normalized spacial score (nSPS) is 23.4. The van der Waals surface area contributed by atoms with E-state index in [0.717, 1.165) is 45.6 Å². The molecule has 0 radical (unpaired) electrons. The molecule has 1 aliphatic rings. The highest BCUT2D eigenvalue weighted by molar-refractivity contribution is 5.73. The van der Waals surface area contributed by atoms with Crippen molar-refractivity contribution in [3.05, 3.63) is 0 Å². The molecule has 0 bridgehead atoms. The van der Waals surface area contributed by atoms with Crippen LogP contribution in [0.4, 0.5) is 0 Å². The Morgan fingerprint density at radius 2 is 2.16 bits per heavy atom. The Labute approximate surface area is 116 Å². The van der Waals surface area contributed by atoms with E-state index in [9.17, 15) is 9.90 Å². The average Bonchev–Trinajstić information content (AvgIpc) is 2.38. The fourth-order valence-electron chi connectivity index (χ4n) is 2.90. The highest BCUT2D eigenvalue weighted by Crippen LogP contribution is 2.17. The van der Waals surface area contributed by atoms with Crippen molar-refractivity contribution in [2.24, 2.45) is 0 Å². The summed E-state index contributed by atoms with van der Waals surface area (Å²) in [7, 11) is 1.72. The molecule has 2 atom stereocenters. The number of nitrogens with zero attached hydrogens (tertiary/aromatic N) is 2. The molecule has 0 saturated carbocycles. The van der Waals surface area contributed by atoms with Gasteiger partial charge in [-0.3, -0.25) is 14.6 Å². The molecular formula is C14H28N2O3. The van der Waals surface area contributed by atoms with E-state index < -0.39 is 5.97 Å². The summed E-state index contributed by atoms with van der Waals surface area (Å²) in [6.45, 7) is 8.47. The van der Waals surface area contributed by atoms with Crippen molar-refractivity contribution in [3.63, 3.8) is 0 Å². The zero-order valence-corrected chi connectivity index (χ0v) is 12.5. The number of methoxy groups -OCH3 is 1. The van der Waals surface area contributed by atoms with Gasteiger partial charge in [-0.1, -0.05) is 20.3 Å². The van der Waals surface area contributed by atoms with E-state index in [4.69, 9.17) is 4.74 Å². The van der Waals surface area contributed by atoms with Crippen LogP contribution in [0.15, 0.2) is 0 Å². The molecule has 0 aromatic heterocycles. The maximum atomic E-state index is 11.3. The van der Waals surface area contributed by atoms with Gasteiger partial charge in [0.25, 0.3) is 0 Å². The van der Waals surface area contributed by atoms with Crippen molar-refractivity contribution in [2.45, 2.75) is 45.2 Å². The van der Waals surface area contributed by atoms with Gasteiger partial charge in [0.15, 0.2) is 0 Å². The molecule has 5 heteroatoms. The fourth-order valence-corrected chi connectivity index (χ4v) is 2.90. The molecule has 1 rings (SSSR count). The third-order valence-corrected chi connectivity index (χ3v) is 3.95. The quantitative estimate of drug-likeness (QED) is 0.721. The Balaban J connectivity index is 2.61. The van der Waals surface area contributed by atoms with E-state index in [1.807, 2.05) is 6.92 Å². The van der Waals surface area contributed by atoms with Crippen LogP contribution in [0, 0.1) is 0 Å². The highest BCUT2D eigenvalue weighted by atomic mass is 16.5. The summed E-state index contributed by atoms with van der Waals surface area (Å²) in [5.74, 6) is -0.692. The molecule has 0 aliphatic carbocycles. The molecule has 1 heterocycles. The summed E-state index contributed by atoms with van der Waals surface area (Å²) in [5, 5.41) is 9.27. The lowest BCUT2D eigenvalue weighted by Gasteiger charge is -2.43. The van der Waals surface area contributed by atoms with E-state index in [1.165, 1.54) is 0 Å². The minimum Gasteiger partial charge on any atom is -0.480 e. The van der Waals surface area contributed by atoms with Crippen molar-refractivity contribution in [3.8, 4) is 0 Å². The van der Waals surface area contributed by atoms with E-state index >= 15 is 0 Å². The lowest BCUT2D eigenvalue weighted by Crippen LogP contribution is -2.57. The fraction of sp³-hybridized carbons (Fsp3) is 0.929. The first kappa shape index (κ1) is 16.4. The van der Waals surface area contributed by atoms with Crippen LogP contribution in [0.3, 0.4) is 0 Å². The van der Waals surface area contributed by atoms with Crippen LogP contribution in [-0.2, 0) is 9.53 Å². The van der Waals surface area contributed by atoms with Gasteiger partial charge in [0.1, 0.15) is 6.04 Å². The molecule has 1 saturated heterocycles. The van der Waals surface area contributed by atoms with Gasteiger partial charge in [-0.2, -0.15) is 0 Å². The van der Waals surface area contributed by atoms with Gasteiger partial charge in [-0.05, 0) is 12.8 Å². The van der Waals surface area contributed by atoms with Crippen LogP contribution >= 0.6 is 0 Å². The summed E-state index contributed by atoms with van der Waals surface area (Å²) in [5.41, 5.74) is 0. The molecule has 1 aliphatic heterocycles. The highest BCUT2D eigenvalue weighted by Gasteiger charge is 2.32. The second kappa shape index (κ2) is 8.51. The molecule has 5 nitrogen and oxygen atoms in total. The topological polar surface area (TPSA) is 53.0 Å². The molecular weight excluding hydrogens is 244 g/mol. The zero-order valence-electron chi connectivity index (χ0n) is 12.5. The Morgan fingerprint density at radius 1 is 1.42 bits per heavy atom. The predicted octanol–water partition coefficient (Wildman–Crippen LogP) is 1.28. The lowest BCUT2D eigenvalue weighted by atomic mass is 10.0. The van der Waals surface area contributed by atoms with E-state index in [-0.39, 0.29) is 6.04 Å². The second-order valence-corrected chi connectivity index (χ2v) is 5.23. The summed E-state index contributed by atoms with van der Waals surface area (Å²) >= 11 is 0. The number of piperazine rings is 1. The van der Waals surface area contributed by atoms with Gasteiger partial charge in [0.2, 0.25) is 0 Å². The van der Waals surface area contributed by atoms with Crippen LogP contribution in [0.25, 0.3) is 0 Å². The molecule has 0 spiro atoms. The van der Waals surface area contributed by atoms with Gasteiger partial charge in [-0.15, -0.1) is 0 Å². The first-order valence-electron chi connectivity index (χ1n) is 7.33. The van der Waals surface area contributed by atoms with Crippen molar-refractivity contribution in [1.82, 2.24) is 9.80 Å². The van der Waals surface area contributed by atoms with Crippen LogP contribution in [0.2, 0.25) is 0 Å². The largest absolute Gasteiger partial charge is 0.480 e. The zero-order chi connectivity index (χ0) is 14.3. The Kier molecular flexibility index (Phi) is 7.34. The minimum atomic E-state index is -0.692. The molecule has 0 amide bonds. The molecule has 112 valence electrons. The molecule has 1 fully saturated rings. The summed E-state index contributed by atoms with van der Waals surface area (Å²) in [6, 6.07) is 0.131. The van der Waals surface area contributed by atoms with Gasteiger partial charge in [-0.25, -0.2) is 0 Å². The molecule has 2 unspecified atom stereocenters. The number of carboxylic acids is 1. The lowest BCUT2D eigenvalue weighted by molar-refractivity contribution is -0.144. The Hall–Kier alpha value is -0.650. The van der Waals surface area contributed by atoms with E-state index in [0.29, 0.717) is 12.5 Å². The third kappa shape index (κ3) is 4.75. The summed E-state index contributed by atoms with van der Waals surface area (Å²) in [6.07, 6.45) is 2.92. The van der Waals surface area contributed by atoms with E-state index in [1.54, 1.807) is 7.11 Å². The SMILES string of the molecule is CCCC1CN(C(CC)C(=O)O)CCN1CCOC.